The van der Waals surface area contributed by atoms with Crippen LogP contribution in [0.2, 0.25) is 0 Å². The average molecular weight is 260 g/mol. The Balaban J connectivity index is 0.00000225. The molecule has 1 aliphatic rings. The molecule has 1 saturated heterocycles. The summed E-state index contributed by atoms with van der Waals surface area (Å²) in [5.41, 5.74) is -0.589. The van der Waals surface area contributed by atoms with Crippen LogP contribution in [-0.2, 0) is 0 Å². The van der Waals surface area contributed by atoms with Crippen LogP contribution >= 0.6 is 0 Å². The zero-order chi connectivity index (χ0) is 11.6. The predicted octanol–water partition coefficient (Wildman–Crippen LogP) is -1.43. The molecule has 0 radical (unpaired) electrons. The minimum absolute atomic E-state index is 0. The van der Waals surface area contributed by atoms with Gasteiger partial charge in [0, 0.05) is 12.6 Å². The van der Waals surface area contributed by atoms with Crippen molar-refractivity contribution in [3.8, 4) is 0 Å². The first-order valence-electron chi connectivity index (χ1n) is 5.07. The van der Waals surface area contributed by atoms with Gasteiger partial charge in [-0.3, -0.25) is 0 Å². The van der Waals surface area contributed by atoms with E-state index < -0.39 is 12.4 Å². The van der Waals surface area contributed by atoms with Crippen LogP contribution in [0.25, 0.3) is 0 Å². The van der Waals surface area contributed by atoms with Crippen LogP contribution in [0.3, 0.4) is 0 Å². The van der Waals surface area contributed by atoms with E-state index in [0.717, 1.165) is 13.0 Å². The number of hydrogen-bond donors (Lipinski definition) is 0. The van der Waals surface area contributed by atoms with Gasteiger partial charge in [0.25, 0.3) is 0 Å². The van der Waals surface area contributed by atoms with Crippen LogP contribution < -0.4 is 51.4 Å². The molecule has 0 aromatic rings. The SMILES string of the molecule is C=C(CN1CCC(N(C)C)C1)[B-](F)(F)F.[K+]. The summed E-state index contributed by atoms with van der Waals surface area (Å²) in [6, 6.07) is 0.374. The van der Waals surface area contributed by atoms with Crippen LogP contribution in [0, 0.1) is 0 Å². The fourth-order valence-electron chi connectivity index (χ4n) is 1.77. The molecule has 0 amide bonds. The van der Waals surface area contributed by atoms with Crippen molar-refractivity contribution in [1.29, 1.82) is 0 Å². The Morgan fingerprint density at radius 3 is 2.38 bits per heavy atom. The van der Waals surface area contributed by atoms with Crippen LogP contribution in [0.1, 0.15) is 6.42 Å². The first-order valence-corrected chi connectivity index (χ1v) is 5.07. The van der Waals surface area contributed by atoms with Gasteiger partial charge in [-0.25, -0.2) is 0 Å². The predicted molar refractivity (Wildman–Crippen MR) is 56.8 cm³/mol. The van der Waals surface area contributed by atoms with Gasteiger partial charge in [0.15, 0.2) is 0 Å². The monoisotopic (exact) mass is 260 g/mol. The molecule has 88 valence electrons. The molecule has 0 aliphatic carbocycles. The maximum Gasteiger partial charge on any atom is 1.00 e. The Morgan fingerprint density at radius 2 is 2.00 bits per heavy atom. The maximum atomic E-state index is 12.3. The van der Waals surface area contributed by atoms with Crippen molar-refractivity contribution >= 4 is 6.98 Å². The van der Waals surface area contributed by atoms with Crippen molar-refractivity contribution in [2.24, 2.45) is 0 Å². The zero-order valence-electron chi connectivity index (χ0n) is 10.2. The van der Waals surface area contributed by atoms with E-state index in [1.54, 1.807) is 0 Å². The van der Waals surface area contributed by atoms with Gasteiger partial charge in [-0.2, -0.15) is 0 Å². The second-order valence-electron chi connectivity index (χ2n) is 4.37. The van der Waals surface area contributed by atoms with Gasteiger partial charge >= 0.3 is 58.4 Å². The van der Waals surface area contributed by atoms with E-state index in [1.165, 1.54) is 0 Å². The average Bonchev–Trinajstić information content (AvgIpc) is 2.50. The second-order valence-corrected chi connectivity index (χ2v) is 4.37. The summed E-state index contributed by atoms with van der Waals surface area (Å²) in [6.45, 7) is -0.362. The Kier molecular flexibility index (Phi) is 7.42. The molecular formula is C9H17BF3KN2. The standard InChI is InChI=1S/C9H17BF3N2.K/c1-8(10(11,12)13)6-15-5-4-9(7-15)14(2)3;/h9H,1,4-7H2,2-3H3;/q-1;+1. The van der Waals surface area contributed by atoms with E-state index in [2.05, 4.69) is 11.5 Å². The van der Waals surface area contributed by atoms with E-state index in [4.69, 9.17) is 0 Å². The summed E-state index contributed by atoms with van der Waals surface area (Å²) in [7, 11) is 3.91. The third-order valence-electron chi connectivity index (χ3n) is 2.87. The van der Waals surface area contributed by atoms with Gasteiger partial charge in [0.2, 0.25) is 0 Å². The molecule has 1 aliphatic heterocycles. The number of rotatable bonds is 4. The van der Waals surface area contributed by atoms with Crippen LogP contribution in [-0.4, -0.2) is 56.5 Å². The van der Waals surface area contributed by atoms with E-state index in [0.29, 0.717) is 12.6 Å². The number of likely N-dealkylation sites (N-methyl/N-ethyl adjacent to an activating group) is 1. The van der Waals surface area contributed by atoms with Gasteiger partial charge in [-0.15, -0.1) is 12.1 Å². The van der Waals surface area contributed by atoms with Crippen LogP contribution in [0.5, 0.6) is 0 Å². The van der Waals surface area contributed by atoms with Crippen LogP contribution in [0.4, 0.5) is 12.9 Å². The zero-order valence-corrected chi connectivity index (χ0v) is 13.3. The molecule has 0 saturated carbocycles. The Labute approximate surface area is 138 Å². The molecule has 0 spiro atoms. The first kappa shape index (κ1) is 17.2. The molecule has 2 nitrogen and oxygen atoms in total. The summed E-state index contributed by atoms with van der Waals surface area (Å²) < 4.78 is 36.9. The first-order chi connectivity index (χ1) is 6.80. The van der Waals surface area contributed by atoms with Crippen molar-refractivity contribution in [1.82, 2.24) is 9.80 Å². The molecule has 1 unspecified atom stereocenters. The van der Waals surface area contributed by atoms with E-state index in [-0.39, 0.29) is 57.9 Å². The molecule has 0 bridgehead atoms. The fourth-order valence-corrected chi connectivity index (χ4v) is 1.77. The molecule has 16 heavy (non-hydrogen) atoms. The van der Waals surface area contributed by atoms with Gasteiger partial charge in [-0.05, 0) is 33.6 Å². The van der Waals surface area contributed by atoms with Crippen LogP contribution in [0.15, 0.2) is 12.1 Å². The minimum Gasteiger partial charge on any atom is -0.445 e. The van der Waals surface area contributed by atoms with Crippen molar-refractivity contribution in [2.75, 3.05) is 33.7 Å². The molecule has 0 aromatic heterocycles. The normalized spacial score (nSPS) is 22.2. The number of halogens is 3. The smallest absolute Gasteiger partial charge is 0.445 e. The van der Waals surface area contributed by atoms with Crippen molar-refractivity contribution in [3.05, 3.63) is 12.1 Å². The second kappa shape index (κ2) is 6.92. The molecule has 7 heteroatoms. The Hall–Kier alpha value is 1.15. The number of likely N-dealkylation sites (tertiary alicyclic amines) is 1. The topological polar surface area (TPSA) is 6.48 Å². The van der Waals surface area contributed by atoms with Gasteiger partial charge < -0.3 is 22.7 Å². The van der Waals surface area contributed by atoms with Crippen molar-refractivity contribution < 1.29 is 64.3 Å². The quantitative estimate of drug-likeness (QED) is 0.572. The molecular weight excluding hydrogens is 243 g/mol. The summed E-state index contributed by atoms with van der Waals surface area (Å²) in [5, 5.41) is 0. The van der Waals surface area contributed by atoms with E-state index in [9.17, 15) is 12.9 Å². The molecule has 1 heterocycles. The van der Waals surface area contributed by atoms with Crippen molar-refractivity contribution in [2.45, 2.75) is 12.5 Å². The maximum absolute atomic E-state index is 12.3. The molecule has 1 rings (SSSR count). The van der Waals surface area contributed by atoms with Gasteiger partial charge in [0.1, 0.15) is 0 Å². The summed E-state index contributed by atoms with van der Waals surface area (Å²) in [6.07, 6.45) is 0.936. The van der Waals surface area contributed by atoms with Crippen molar-refractivity contribution in [3.63, 3.8) is 0 Å². The number of hydrogen-bond acceptors (Lipinski definition) is 2. The molecule has 0 aromatic carbocycles. The molecule has 0 N–H and O–H groups in total. The Morgan fingerprint density at radius 1 is 1.44 bits per heavy atom. The summed E-state index contributed by atoms with van der Waals surface area (Å²) in [5.74, 6) is 0. The van der Waals surface area contributed by atoms with Gasteiger partial charge in [0.05, 0.1) is 0 Å². The Bertz CT molecular complexity index is 245. The fraction of sp³-hybridized carbons (Fsp3) is 0.778. The summed E-state index contributed by atoms with van der Waals surface area (Å²) >= 11 is 0. The third-order valence-corrected chi connectivity index (χ3v) is 2.87. The number of nitrogens with zero attached hydrogens (tertiary/aromatic N) is 2. The largest absolute Gasteiger partial charge is 1.00 e. The molecule has 1 fully saturated rings. The summed E-state index contributed by atoms with van der Waals surface area (Å²) in [4.78, 5) is 3.88. The van der Waals surface area contributed by atoms with Gasteiger partial charge in [-0.1, -0.05) is 0 Å². The molecule has 1 atom stereocenters. The van der Waals surface area contributed by atoms with E-state index in [1.807, 2.05) is 19.0 Å². The minimum atomic E-state index is -4.87. The third kappa shape index (κ3) is 5.20. The van der Waals surface area contributed by atoms with E-state index >= 15 is 0 Å².